The largest absolute Gasteiger partial charge is 0.495 e. The number of aryl methyl sites for hydroxylation is 1. The van der Waals surface area contributed by atoms with Gasteiger partial charge in [0, 0.05) is 0 Å². The summed E-state index contributed by atoms with van der Waals surface area (Å²) in [6.07, 6.45) is 2.44. The third kappa shape index (κ3) is 4.67. The quantitative estimate of drug-likeness (QED) is 0.503. The third-order valence-corrected chi connectivity index (χ3v) is 3.33. The summed E-state index contributed by atoms with van der Waals surface area (Å²) in [6.45, 7) is 2.07. The molecule has 6 nitrogen and oxygen atoms in total. The van der Waals surface area contributed by atoms with Gasteiger partial charge in [0.05, 0.1) is 19.0 Å². The monoisotopic (exact) mass is 325 g/mol. The van der Waals surface area contributed by atoms with Gasteiger partial charge in [0.25, 0.3) is 0 Å². The van der Waals surface area contributed by atoms with Crippen LogP contribution in [0.1, 0.15) is 18.1 Å². The SMILES string of the molecule is CCc1ccc(/C=N/NC(=O)C(=O)Nc2ccccc2OC)cc1. The summed E-state index contributed by atoms with van der Waals surface area (Å²) in [5.74, 6) is -1.21. The van der Waals surface area contributed by atoms with Crippen LogP contribution in [0.15, 0.2) is 53.6 Å². The number of rotatable bonds is 5. The summed E-state index contributed by atoms with van der Waals surface area (Å²) in [5, 5.41) is 6.26. The Labute approximate surface area is 140 Å². The standard InChI is InChI=1S/C18H19N3O3/c1-3-13-8-10-14(11-9-13)12-19-21-18(23)17(22)20-15-6-4-5-7-16(15)24-2/h4-12H,3H2,1-2H3,(H,20,22)(H,21,23)/b19-12+. The molecule has 24 heavy (non-hydrogen) atoms. The molecule has 0 aliphatic heterocycles. The summed E-state index contributed by atoms with van der Waals surface area (Å²) in [4.78, 5) is 23.6. The molecule has 0 saturated carbocycles. The summed E-state index contributed by atoms with van der Waals surface area (Å²) < 4.78 is 5.11. The highest BCUT2D eigenvalue weighted by Gasteiger charge is 2.14. The molecule has 2 amide bonds. The highest BCUT2D eigenvalue weighted by molar-refractivity contribution is 6.39. The molecule has 0 aliphatic rings. The van der Waals surface area contributed by atoms with Crippen LogP contribution in [0.4, 0.5) is 5.69 Å². The summed E-state index contributed by atoms with van der Waals surface area (Å²) in [6, 6.07) is 14.6. The van der Waals surface area contributed by atoms with Crippen molar-refractivity contribution in [1.82, 2.24) is 5.43 Å². The number of carbonyl (C=O) groups excluding carboxylic acids is 2. The van der Waals surface area contributed by atoms with Gasteiger partial charge >= 0.3 is 11.8 Å². The van der Waals surface area contributed by atoms with Crippen molar-refractivity contribution in [2.24, 2.45) is 5.10 Å². The maximum absolute atomic E-state index is 11.9. The van der Waals surface area contributed by atoms with E-state index in [-0.39, 0.29) is 0 Å². The molecule has 0 bridgehead atoms. The van der Waals surface area contributed by atoms with Crippen molar-refractivity contribution in [3.63, 3.8) is 0 Å². The van der Waals surface area contributed by atoms with Crippen LogP contribution in [0, 0.1) is 0 Å². The predicted octanol–water partition coefficient (Wildman–Crippen LogP) is 2.35. The maximum atomic E-state index is 11.9. The highest BCUT2D eigenvalue weighted by atomic mass is 16.5. The van der Waals surface area contributed by atoms with Gasteiger partial charge in [0.2, 0.25) is 0 Å². The molecule has 0 heterocycles. The second kappa shape index (κ2) is 8.47. The van der Waals surface area contributed by atoms with E-state index in [1.807, 2.05) is 24.3 Å². The van der Waals surface area contributed by atoms with Crippen molar-refractivity contribution < 1.29 is 14.3 Å². The number of amides is 2. The number of para-hydroxylation sites is 2. The molecule has 2 aromatic rings. The van der Waals surface area contributed by atoms with Gasteiger partial charge in [-0.25, -0.2) is 5.43 Å². The molecular formula is C18H19N3O3. The number of benzene rings is 2. The van der Waals surface area contributed by atoms with Crippen LogP contribution in [-0.2, 0) is 16.0 Å². The number of nitrogens with one attached hydrogen (secondary N) is 2. The minimum absolute atomic E-state index is 0.416. The van der Waals surface area contributed by atoms with Crippen LogP contribution < -0.4 is 15.5 Å². The Kier molecular flexibility index (Phi) is 6.08. The summed E-state index contributed by atoms with van der Waals surface area (Å²) >= 11 is 0. The van der Waals surface area contributed by atoms with E-state index in [4.69, 9.17) is 4.74 Å². The first-order valence-corrected chi connectivity index (χ1v) is 7.50. The molecule has 0 saturated heterocycles. The lowest BCUT2D eigenvalue weighted by molar-refractivity contribution is -0.136. The fourth-order valence-electron chi connectivity index (χ4n) is 1.98. The van der Waals surface area contributed by atoms with Gasteiger partial charge in [0.15, 0.2) is 0 Å². The Bertz CT molecular complexity index is 739. The molecule has 2 N–H and O–H groups in total. The van der Waals surface area contributed by atoms with Gasteiger partial charge in [0.1, 0.15) is 5.75 Å². The molecular weight excluding hydrogens is 306 g/mol. The number of ether oxygens (including phenoxy) is 1. The molecule has 2 aromatic carbocycles. The van der Waals surface area contributed by atoms with Gasteiger partial charge in [-0.1, -0.05) is 43.3 Å². The van der Waals surface area contributed by atoms with E-state index < -0.39 is 11.8 Å². The van der Waals surface area contributed by atoms with Crippen LogP contribution in [-0.4, -0.2) is 25.1 Å². The number of methoxy groups -OCH3 is 1. The van der Waals surface area contributed by atoms with Crippen molar-refractivity contribution in [3.05, 3.63) is 59.7 Å². The van der Waals surface area contributed by atoms with E-state index in [0.717, 1.165) is 12.0 Å². The zero-order chi connectivity index (χ0) is 17.4. The summed E-state index contributed by atoms with van der Waals surface area (Å²) in [7, 11) is 1.49. The van der Waals surface area contributed by atoms with E-state index in [0.29, 0.717) is 11.4 Å². The van der Waals surface area contributed by atoms with Gasteiger partial charge < -0.3 is 10.1 Å². The molecule has 2 rings (SSSR count). The molecule has 0 radical (unpaired) electrons. The normalized spacial score (nSPS) is 10.4. The second-order valence-electron chi connectivity index (χ2n) is 4.95. The number of anilines is 1. The molecule has 0 spiro atoms. The topological polar surface area (TPSA) is 79.8 Å². The Balaban J connectivity index is 1.91. The number of hydrazone groups is 1. The van der Waals surface area contributed by atoms with Crippen molar-refractivity contribution in [1.29, 1.82) is 0 Å². The minimum Gasteiger partial charge on any atom is -0.495 e. The van der Waals surface area contributed by atoms with Crippen molar-refractivity contribution in [2.75, 3.05) is 12.4 Å². The molecule has 0 aromatic heterocycles. The third-order valence-electron chi connectivity index (χ3n) is 3.33. The van der Waals surface area contributed by atoms with Crippen LogP contribution >= 0.6 is 0 Å². The highest BCUT2D eigenvalue weighted by Crippen LogP contribution is 2.22. The van der Waals surface area contributed by atoms with Crippen molar-refractivity contribution in [3.8, 4) is 5.75 Å². The number of carbonyl (C=O) groups is 2. The Morgan fingerprint density at radius 1 is 1.08 bits per heavy atom. The first-order valence-electron chi connectivity index (χ1n) is 7.50. The van der Waals surface area contributed by atoms with Crippen molar-refractivity contribution >= 4 is 23.7 Å². The van der Waals surface area contributed by atoms with Crippen molar-refractivity contribution in [2.45, 2.75) is 13.3 Å². The van der Waals surface area contributed by atoms with Crippen LogP contribution in [0.2, 0.25) is 0 Å². The zero-order valence-electron chi connectivity index (χ0n) is 13.6. The predicted molar refractivity (Wildman–Crippen MR) is 93.2 cm³/mol. The van der Waals surface area contributed by atoms with Crippen LogP contribution in [0.5, 0.6) is 5.75 Å². The summed E-state index contributed by atoms with van der Waals surface area (Å²) in [5.41, 5.74) is 4.66. The van der Waals surface area contributed by atoms with E-state index in [9.17, 15) is 9.59 Å². The molecule has 0 fully saturated rings. The minimum atomic E-state index is -0.859. The smallest absolute Gasteiger partial charge is 0.329 e. The van der Waals surface area contributed by atoms with Gasteiger partial charge in [-0.15, -0.1) is 0 Å². The molecule has 0 atom stereocenters. The van der Waals surface area contributed by atoms with Crippen LogP contribution in [0.3, 0.4) is 0 Å². The number of hydrogen-bond acceptors (Lipinski definition) is 4. The maximum Gasteiger partial charge on any atom is 0.329 e. The Hall–Kier alpha value is -3.15. The number of hydrogen-bond donors (Lipinski definition) is 2. The average molecular weight is 325 g/mol. The van der Waals surface area contributed by atoms with E-state index in [1.165, 1.54) is 18.9 Å². The molecule has 0 aliphatic carbocycles. The lowest BCUT2D eigenvalue weighted by Gasteiger charge is -2.08. The van der Waals surface area contributed by atoms with Crippen LogP contribution in [0.25, 0.3) is 0 Å². The first-order chi connectivity index (χ1) is 11.6. The van der Waals surface area contributed by atoms with Gasteiger partial charge in [-0.2, -0.15) is 5.10 Å². The second-order valence-corrected chi connectivity index (χ2v) is 4.95. The Morgan fingerprint density at radius 3 is 2.46 bits per heavy atom. The van der Waals surface area contributed by atoms with E-state index in [2.05, 4.69) is 22.8 Å². The lowest BCUT2D eigenvalue weighted by Crippen LogP contribution is -2.32. The Morgan fingerprint density at radius 2 is 1.79 bits per heavy atom. The molecule has 6 heteroatoms. The van der Waals surface area contributed by atoms with Gasteiger partial charge in [-0.05, 0) is 29.7 Å². The molecule has 124 valence electrons. The van der Waals surface area contributed by atoms with E-state index in [1.54, 1.807) is 24.3 Å². The fourth-order valence-corrected chi connectivity index (χ4v) is 1.98. The molecule has 0 unspecified atom stereocenters. The lowest BCUT2D eigenvalue weighted by atomic mass is 10.1. The first kappa shape index (κ1) is 17.2. The van der Waals surface area contributed by atoms with E-state index >= 15 is 0 Å². The van der Waals surface area contributed by atoms with Gasteiger partial charge in [-0.3, -0.25) is 9.59 Å². The average Bonchev–Trinajstić information content (AvgIpc) is 2.62. The fraction of sp³-hybridized carbons (Fsp3) is 0.167. The zero-order valence-corrected chi connectivity index (χ0v) is 13.6. The number of nitrogens with zero attached hydrogens (tertiary/aromatic N) is 1.